The summed E-state index contributed by atoms with van der Waals surface area (Å²) < 4.78 is 2.30. The number of aromatic amines is 1. The summed E-state index contributed by atoms with van der Waals surface area (Å²) in [4.78, 5) is 22.6. The smallest absolute Gasteiger partial charge is 0.323 e. The number of aromatic nitrogens is 6. The van der Waals surface area contributed by atoms with Crippen molar-refractivity contribution >= 4 is 22.8 Å². The van der Waals surface area contributed by atoms with E-state index in [0.717, 1.165) is 69.7 Å². The van der Waals surface area contributed by atoms with E-state index in [1.807, 2.05) is 46.2 Å². The van der Waals surface area contributed by atoms with Crippen LogP contribution in [0, 0.1) is 6.92 Å². The fourth-order valence-electron chi connectivity index (χ4n) is 6.17. The molecule has 3 heterocycles. The lowest BCUT2D eigenvalue weighted by atomic mass is 9.98. The molecule has 0 saturated carbocycles. The summed E-state index contributed by atoms with van der Waals surface area (Å²) in [5.74, 6) is 1.60. The fourth-order valence-corrected chi connectivity index (χ4v) is 6.17. The summed E-state index contributed by atoms with van der Waals surface area (Å²) in [6.45, 7) is 7.00. The molecule has 1 aliphatic rings. The monoisotopic (exact) mass is 582 g/mol. The number of urea groups is 1. The molecule has 0 spiro atoms. The minimum atomic E-state index is 0.0531. The maximum absolute atomic E-state index is 13.7. The number of carbonyl (C=O) groups excluding carboxylic acids is 1. The molecule has 2 aromatic heterocycles. The molecule has 0 aliphatic carbocycles. The van der Waals surface area contributed by atoms with Crippen molar-refractivity contribution in [3.05, 3.63) is 114 Å². The normalized spacial score (nSPS) is 13.6. The van der Waals surface area contributed by atoms with Crippen molar-refractivity contribution < 1.29 is 4.79 Å². The highest BCUT2D eigenvalue weighted by molar-refractivity contribution is 5.96. The number of rotatable bonds is 8. The zero-order valence-corrected chi connectivity index (χ0v) is 24.9. The molecule has 1 aliphatic heterocycles. The van der Waals surface area contributed by atoms with Gasteiger partial charge in [0.05, 0.1) is 11.0 Å². The lowest BCUT2D eigenvalue weighted by molar-refractivity contribution is 0.192. The van der Waals surface area contributed by atoms with Crippen molar-refractivity contribution in [1.29, 1.82) is 0 Å². The van der Waals surface area contributed by atoms with Crippen molar-refractivity contribution in [2.75, 3.05) is 18.0 Å². The third-order valence-electron chi connectivity index (χ3n) is 8.38. The van der Waals surface area contributed by atoms with Gasteiger partial charge in [0, 0.05) is 43.9 Å². The molecule has 1 saturated heterocycles. The molecule has 0 radical (unpaired) electrons. The average Bonchev–Trinajstić information content (AvgIpc) is 3.72. The van der Waals surface area contributed by atoms with Gasteiger partial charge in [-0.3, -0.25) is 4.90 Å². The van der Waals surface area contributed by atoms with Crippen LogP contribution in [0.1, 0.15) is 35.9 Å². The molecule has 1 N–H and O–H groups in total. The molecule has 7 rings (SSSR count). The summed E-state index contributed by atoms with van der Waals surface area (Å²) in [6.07, 6.45) is 1.74. The van der Waals surface area contributed by atoms with Crippen LogP contribution in [0.5, 0.6) is 0 Å². The Bertz CT molecular complexity index is 1910. The summed E-state index contributed by atoms with van der Waals surface area (Å²) in [5.41, 5.74) is 9.42. The molecular formula is C35H34N8O. The first-order chi connectivity index (χ1) is 21.6. The third kappa shape index (κ3) is 5.21. The highest BCUT2D eigenvalue weighted by atomic mass is 16.2. The van der Waals surface area contributed by atoms with Gasteiger partial charge in [0.25, 0.3) is 0 Å². The lowest BCUT2D eigenvalue weighted by Crippen LogP contribution is -2.49. The van der Waals surface area contributed by atoms with E-state index in [2.05, 4.69) is 93.6 Å². The van der Waals surface area contributed by atoms with E-state index in [-0.39, 0.29) is 6.03 Å². The summed E-state index contributed by atoms with van der Waals surface area (Å²) >= 11 is 0. The topological polar surface area (TPSA) is 95.8 Å². The number of carbonyl (C=O) groups is 1. The highest BCUT2D eigenvalue weighted by Gasteiger charge is 2.28. The van der Waals surface area contributed by atoms with Crippen LogP contribution in [-0.2, 0) is 19.5 Å². The first-order valence-corrected chi connectivity index (χ1v) is 15.1. The van der Waals surface area contributed by atoms with Crippen LogP contribution >= 0.6 is 0 Å². The van der Waals surface area contributed by atoms with Gasteiger partial charge in [-0.1, -0.05) is 85.8 Å². The van der Waals surface area contributed by atoms with Crippen molar-refractivity contribution in [2.24, 2.45) is 0 Å². The standard InChI is InChI=1S/C35H34N8O/c1-3-32-36-33-24(2)20-28(42-19-9-18-41(35(42)44)22-25-10-5-4-6-11-25)21-31(33)43(32)23-26-14-16-27(17-15-26)29-12-7-8-13-30(29)34-37-39-40-38-34/h4-8,10-17,20-21H,3,9,18-19,22-23H2,1-2H3,(H,37,38,39,40). The molecule has 4 aromatic carbocycles. The van der Waals surface area contributed by atoms with E-state index in [4.69, 9.17) is 4.98 Å². The number of aryl methyl sites for hydroxylation is 2. The number of benzene rings is 4. The van der Waals surface area contributed by atoms with Gasteiger partial charge in [0.2, 0.25) is 5.82 Å². The van der Waals surface area contributed by atoms with Crippen molar-refractivity contribution in [3.8, 4) is 22.5 Å². The Kier molecular flexibility index (Phi) is 7.35. The zero-order chi connectivity index (χ0) is 30.0. The van der Waals surface area contributed by atoms with Crippen molar-refractivity contribution in [1.82, 2.24) is 35.1 Å². The summed E-state index contributed by atoms with van der Waals surface area (Å²) in [7, 11) is 0. The number of fused-ring (bicyclic) bond motifs is 1. The molecule has 9 nitrogen and oxygen atoms in total. The van der Waals surface area contributed by atoms with Crippen LogP contribution in [0.4, 0.5) is 10.5 Å². The molecule has 0 bridgehead atoms. The second-order valence-electron chi connectivity index (χ2n) is 11.3. The van der Waals surface area contributed by atoms with Gasteiger partial charge in [-0.2, -0.15) is 5.21 Å². The predicted octanol–water partition coefficient (Wildman–Crippen LogP) is 6.63. The number of hydrogen-bond acceptors (Lipinski definition) is 5. The van der Waals surface area contributed by atoms with E-state index in [9.17, 15) is 4.79 Å². The van der Waals surface area contributed by atoms with Crippen LogP contribution in [0.3, 0.4) is 0 Å². The van der Waals surface area contributed by atoms with E-state index in [0.29, 0.717) is 25.5 Å². The fraction of sp³-hybridized carbons (Fsp3) is 0.229. The van der Waals surface area contributed by atoms with E-state index in [1.54, 1.807) is 0 Å². The van der Waals surface area contributed by atoms with Gasteiger partial charge >= 0.3 is 6.03 Å². The second kappa shape index (κ2) is 11.8. The molecular weight excluding hydrogens is 548 g/mol. The van der Waals surface area contributed by atoms with E-state index < -0.39 is 0 Å². The molecule has 6 aromatic rings. The van der Waals surface area contributed by atoms with Crippen molar-refractivity contribution in [2.45, 2.75) is 39.8 Å². The predicted molar refractivity (Wildman–Crippen MR) is 172 cm³/mol. The molecule has 2 amide bonds. The maximum atomic E-state index is 13.7. The number of hydrogen-bond donors (Lipinski definition) is 1. The molecule has 1 fully saturated rings. The van der Waals surface area contributed by atoms with E-state index >= 15 is 0 Å². The second-order valence-corrected chi connectivity index (χ2v) is 11.3. The number of imidazole rings is 1. The van der Waals surface area contributed by atoms with Gasteiger partial charge in [-0.25, -0.2) is 9.78 Å². The Morgan fingerprint density at radius 3 is 2.34 bits per heavy atom. The van der Waals surface area contributed by atoms with Crippen LogP contribution in [0.2, 0.25) is 0 Å². The van der Waals surface area contributed by atoms with Gasteiger partial charge < -0.3 is 9.47 Å². The largest absolute Gasteiger partial charge is 0.324 e. The Balaban J connectivity index is 1.19. The van der Waals surface area contributed by atoms with Crippen LogP contribution < -0.4 is 4.90 Å². The average molecular weight is 583 g/mol. The number of anilines is 1. The zero-order valence-electron chi connectivity index (χ0n) is 24.9. The minimum absolute atomic E-state index is 0.0531. The molecule has 44 heavy (non-hydrogen) atoms. The Morgan fingerprint density at radius 2 is 1.59 bits per heavy atom. The highest BCUT2D eigenvalue weighted by Crippen LogP contribution is 2.32. The van der Waals surface area contributed by atoms with Gasteiger partial charge in [-0.15, -0.1) is 10.2 Å². The first-order valence-electron chi connectivity index (χ1n) is 15.1. The third-order valence-corrected chi connectivity index (χ3v) is 8.38. The SMILES string of the molecule is CCc1nc2c(C)cc(N3CCCN(Cc4ccccc4)C3=O)cc2n1Cc1ccc(-c2ccccc2-c2nn[nH]n2)cc1. The van der Waals surface area contributed by atoms with Crippen molar-refractivity contribution in [3.63, 3.8) is 0 Å². The number of H-pyrrole nitrogens is 1. The number of amides is 2. The quantitative estimate of drug-likeness (QED) is 0.217. The van der Waals surface area contributed by atoms with Gasteiger partial charge in [0.15, 0.2) is 0 Å². The number of tetrazole rings is 1. The maximum Gasteiger partial charge on any atom is 0.324 e. The minimum Gasteiger partial charge on any atom is -0.323 e. The molecule has 220 valence electrons. The van der Waals surface area contributed by atoms with Crippen LogP contribution in [-0.4, -0.2) is 54.2 Å². The molecule has 9 heteroatoms. The first kappa shape index (κ1) is 27.5. The van der Waals surface area contributed by atoms with Crippen LogP contribution in [0.15, 0.2) is 91.0 Å². The molecule has 0 unspecified atom stereocenters. The lowest BCUT2D eigenvalue weighted by Gasteiger charge is -2.36. The number of nitrogens with one attached hydrogen (secondary N) is 1. The van der Waals surface area contributed by atoms with Gasteiger partial charge in [0.1, 0.15) is 5.82 Å². The Hall–Kier alpha value is -5.31. The Labute approximate surface area is 256 Å². The van der Waals surface area contributed by atoms with E-state index in [1.165, 1.54) is 5.56 Å². The van der Waals surface area contributed by atoms with Gasteiger partial charge in [-0.05, 0) is 58.5 Å². The summed E-state index contributed by atoms with van der Waals surface area (Å²) in [5, 5.41) is 14.6. The Morgan fingerprint density at radius 1 is 0.841 bits per heavy atom. The molecule has 0 atom stereocenters. The number of nitrogens with zero attached hydrogens (tertiary/aromatic N) is 7. The van der Waals surface area contributed by atoms with Crippen LogP contribution in [0.25, 0.3) is 33.5 Å². The summed E-state index contributed by atoms with van der Waals surface area (Å²) in [6, 6.07) is 31.2.